The Kier molecular flexibility index (Phi) is 4.85. The lowest BCUT2D eigenvalue weighted by Gasteiger charge is -2.14. The van der Waals surface area contributed by atoms with Crippen LogP contribution in [0.4, 0.5) is 0 Å². The molecule has 11 heavy (non-hydrogen) atoms. The number of halogens is 1. The highest BCUT2D eigenvalue weighted by molar-refractivity contribution is 6.22. The molecule has 0 aromatic heterocycles. The number of hydrogen-bond acceptors (Lipinski definition) is 3. The highest BCUT2D eigenvalue weighted by Gasteiger charge is 2.20. The fourth-order valence-electron chi connectivity index (χ4n) is 0.572. The van der Waals surface area contributed by atoms with E-state index in [1.54, 1.807) is 4.84 Å². The smallest absolute Gasteiger partial charge is 0.264 e. The van der Waals surface area contributed by atoms with Crippen molar-refractivity contribution >= 4 is 17.7 Å². The van der Waals surface area contributed by atoms with Gasteiger partial charge in [0.15, 0.2) is 0 Å². The average molecular weight is 179 g/mol. The molecule has 0 bridgehead atoms. The molecule has 0 saturated heterocycles. The summed E-state index contributed by atoms with van der Waals surface area (Å²) in [5, 5.41) is 9.05. The fourth-order valence-corrected chi connectivity index (χ4v) is 0.683. The summed E-state index contributed by atoms with van der Waals surface area (Å²) in [7, 11) is 0. The van der Waals surface area contributed by atoms with Crippen molar-refractivity contribution in [3.05, 3.63) is 12.7 Å². The Balaban J connectivity index is 3.89. The van der Waals surface area contributed by atoms with Gasteiger partial charge in [0, 0.05) is 17.8 Å². The number of aliphatic hydroxyl groups excluding tert-OH is 1. The maximum atomic E-state index is 10.6. The van der Waals surface area contributed by atoms with Crippen LogP contribution < -0.4 is 10.6 Å². The van der Waals surface area contributed by atoms with Crippen LogP contribution in [0.25, 0.3) is 0 Å². The lowest BCUT2D eigenvalue weighted by molar-refractivity contribution is -0.128. The summed E-state index contributed by atoms with van der Waals surface area (Å²) in [6.45, 7) is 3.41. The molecule has 0 aromatic carbocycles. The van der Waals surface area contributed by atoms with Crippen LogP contribution in [-0.4, -0.2) is 23.2 Å². The van der Waals surface area contributed by atoms with Crippen LogP contribution in [-0.2, 0) is 4.79 Å². The molecule has 0 rings (SSSR count). The summed E-state index contributed by atoms with van der Waals surface area (Å²) in [5.41, 5.74) is 5.36. The van der Waals surface area contributed by atoms with E-state index in [0.29, 0.717) is 6.42 Å². The quantitative estimate of drug-likeness (QED) is 0.402. The van der Waals surface area contributed by atoms with Gasteiger partial charge in [-0.2, -0.15) is 0 Å². The SMILES string of the molecule is C=CCC(N)C(O)C(=O)NCl. The Hall–Kier alpha value is -0.580. The minimum atomic E-state index is -1.27. The number of nitrogens with one attached hydrogen (secondary N) is 1. The number of carbonyl (C=O) groups excluding carboxylic acids is 1. The molecule has 2 atom stereocenters. The Bertz CT molecular complexity index is 152. The van der Waals surface area contributed by atoms with Crippen LogP contribution >= 0.6 is 11.8 Å². The van der Waals surface area contributed by atoms with E-state index in [-0.39, 0.29) is 0 Å². The summed E-state index contributed by atoms with van der Waals surface area (Å²) < 4.78 is 0. The lowest BCUT2D eigenvalue weighted by atomic mass is 10.1. The molecule has 0 saturated carbocycles. The van der Waals surface area contributed by atoms with Gasteiger partial charge in [-0.15, -0.1) is 6.58 Å². The number of amides is 1. The van der Waals surface area contributed by atoms with Gasteiger partial charge in [0.05, 0.1) is 0 Å². The third kappa shape index (κ3) is 3.36. The molecule has 1 amide bonds. The summed E-state index contributed by atoms with van der Waals surface area (Å²) in [5.74, 6) is -0.694. The molecule has 0 heterocycles. The van der Waals surface area contributed by atoms with Crippen molar-refractivity contribution in [2.45, 2.75) is 18.6 Å². The zero-order chi connectivity index (χ0) is 8.85. The molecule has 2 unspecified atom stereocenters. The first-order valence-electron chi connectivity index (χ1n) is 3.08. The minimum Gasteiger partial charge on any atom is -0.382 e. The molecule has 5 heteroatoms. The van der Waals surface area contributed by atoms with E-state index in [0.717, 1.165) is 0 Å². The lowest BCUT2D eigenvalue weighted by Crippen LogP contribution is -2.43. The molecule has 0 aliphatic heterocycles. The van der Waals surface area contributed by atoms with Crippen molar-refractivity contribution in [3.8, 4) is 0 Å². The van der Waals surface area contributed by atoms with Crippen molar-refractivity contribution in [2.24, 2.45) is 5.73 Å². The highest BCUT2D eigenvalue weighted by atomic mass is 35.5. The molecular weight excluding hydrogens is 168 g/mol. The number of rotatable bonds is 4. The van der Waals surface area contributed by atoms with E-state index in [4.69, 9.17) is 22.6 Å². The summed E-state index contributed by atoms with van der Waals surface area (Å²) in [6.07, 6.45) is 0.617. The van der Waals surface area contributed by atoms with Gasteiger partial charge >= 0.3 is 0 Å². The maximum absolute atomic E-state index is 10.6. The minimum absolute atomic E-state index is 0.367. The van der Waals surface area contributed by atoms with Gasteiger partial charge in [0.2, 0.25) is 0 Å². The molecular formula is C6H11ClN2O2. The van der Waals surface area contributed by atoms with Crippen molar-refractivity contribution in [1.82, 2.24) is 4.84 Å². The second-order valence-electron chi connectivity index (χ2n) is 2.09. The fraction of sp³-hybridized carbons (Fsp3) is 0.500. The van der Waals surface area contributed by atoms with Crippen molar-refractivity contribution in [1.29, 1.82) is 0 Å². The molecule has 0 aromatic rings. The van der Waals surface area contributed by atoms with E-state index >= 15 is 0 Å². The first-order chi connectivity index (χ1) is 5.13. The number of hydrogen-bond donors (Lipinski definition) is 3. The Morgan fingerprint density at radius 1 is 1.91 bits per heavy atom. The standard InChI is InChI=1S/C6H11ClN2O2/c1-2-3-4(8)5(10)6(11)9-7/h2,4-5,10H,1,3,8H2,(H,9,11). The number of aliphatic hydroxyl groups is 1. The van der Waals surface area contributed by atoms with Crippen LogP contribution in [0.3, 0.4) is 0 Å². The Morgan fingerprint density at radius 3 is 2.82 bits per heavy atom. The van der Waals surface area contributed by atoms with Gasteiger partial charge < -0.3 is 10.8 Å². The van der Waals surface area contributed by atoms with Crippen LogP contribution in [0.5, 0.6) is 0 Å². The topological polar surface area (TPSA) is 75.3 Å². The van der Waals surface area contributed by atoms with Gasteiger partial charge in [-0.3, -0.25) is 9.63 Å². The number of carbonyl (C=O) groups is 1. The summed E-state index contributed by atoms with van der Waals surface area (Å²) in [6, 6.07) is -0.647. The first-order valence-corrected chi connectivity index (χ1v) is 3.46. The predicted molar refractivity (Wildman–Crippen MR) is 42.8 cm³/mol. The van der Waals surface area contributed by atoms with Gasteiger partial charge in [-0.25, -0.2) is 0 Å². The van der Waals surface area contributed by atoms with Gasteiger partial charge in [-0.1, -0.05) is 6.08 Å². The third-order valence-electron chi connectivity index (χ3n) is 1.21. The molecule has 4 N–H and O–H groups in total. The van der Waals surface area contributed by atoms with Crippen LogP contribution in [0, 0.1) is 0 Å². The van der Waals surface area contributed by atoms with Gasteiger partial charge in [-0.05, 0) is 6.42 Å². The largest absolute Gasteiger partial charge is 0.382 e. The van der Waals surface area contributed by atoms with E-state index in [1.165, 1.54) is 6.08 Å². The molecule has 0 fully saturated rings. The molecule has 0 radical (unpaired) electrons. The molecule has 0 aliphatic rings. The first kappa shape index (κ1) is 10.4. The molecule has 4 nitrogen and oxygen atoms in total. The Labute approximate surface area is 70.1 Å². The molecule has 0 aliphatic carbocycles. The van der Waals surface area contributed by atoms with Crippen LogP contribution in [0.2, 0.25) is 0 Å². The van der Waals surface area contributed by atoms with Crippen LogP contribution in [0.15, 0.2) is 12.7 Å². The third-order valence-corrected chi connectivity index (χ3v) is 1.39. The Morgan fingerprint density at radius 2 is 2.45 bits per heavy atom. The van der Waals surface area contributed by atoms with E-state index in [1.807, 2.05) is 0 Å². The summed E-state index contributed by atoms with van der Waals surface area (Å²) >= 11 is 4.95. The van der Waals surface area contributed by atoms with Gasteiger partial charge in [0.1, 0.15) is 6.10 Å². The summed E-state index contributed by atoms with van der Waals surface area (Å²) in [4.78, 5) is 12.4. The average Bonchev–Trinajstić information content (AvgIpc) is 2.02. The number of nitrogens with two attached hydrogens (primary N) is 1. The highest BCUT2D eigenvalue weighted by Crippen LogP contribution is 1.96. The predicted octanol–water partition coefficient (Wildman–Crippen LogP) is -0.479. The second-order valence-corrected chi connectivity index (χ2v) is 2.28. The normalized spacial score (nSPS) is 15.2. The van der Waals surface area contributed by atoms with Crippen molar-refractivity contribution < 1.29 is 9.90 Å². The monoisotopic (exact) mass is 178 g/mol. The van der Waals surface area contributed by atoms with Crippen molar-refractivity contribution in [2.75, 3.05) is 0 Å². The van der Waals surface area contributed by atoms with Crippen LogP contribution in [0.1, 0.15) is 6.42 Å². The van der Waals surface area contributed by atoms with Crippen molar-refractivity contribution in [3.63, 3.8) is 0 Å². The van der Waals surface area contributed by atoms with Gasteiger partial charge in [0.25, 0.3) is 5.91 Å². The molecule has 0 spiro atoms. The van der Waals surface area contributed by atoms with E-state index in [2.05, 4.69) is 6.58 Å². The second kappa shape index (κ2) is 5.12. The van der Waals surface area contributed by atoms with E-state index in [9.17, 15) is 4.79 Å². The molecule has 64 valence electrons. The maximum Gasteiger partial charge on any atom is 0.264 e. The zero-order valence-electron chi connectivity index (χ0n) is 5.96. The zero-order valence-corrected chi connectivity index (χ0v) is 6.71. The van der Waals surface area contributed by atoms with E-state index < -0.39 is 18.1 Å².